The SMILES string of the molecule is O=C1c2ccccc2C(=O)N1CCCCCCOCC(F)(F)F. The summed E-state index contributed by atoms with van der Waals surface area (Å²) in [6.45, 7) is -0.829. The minimum absolute atomic E-state index is 0.0620. The topological polar surface area (TPSA) is 46.6 Å². The van der Waals surface area contributed by atoms with Crippen LogP contribution in [0.5, 0.6) is 0 Å². The molecule has 7 heteroatoms. The van der Waals surface area contributed by atoms with Crippen molar-refractivity contribution < 1.29 is 27.5 Å². The van der Waals surface area contributed by atoms with E-state index in [2.05, 4.69) is 4.74 Å². The van der Waals surface area contributed by atoms with Gasteiger partial charge >= 0.3 is 6.18 Å². The summed E-state index contributed by atoms with van der Waals surface area (Å²) < 4.78 is 40.1. The number of fused-ring (bicyclic) bond motifs is 1. The molecule has 0 saturated heterocycles. The van der Waals surface area contributed by atoms with Crippen LogP contribution in [0.25, 0.3) is 0 Å². The van der Waals surface area contributed by atoms with Gasteiger partial charge in [-0.1, -0.05) is 25.0 Å². The highest BCUT2D eigenvalue weighted by Gasteiger charge is 2.34. The third-order valence-corrected chi connectivity index (χ3v) is 3.56. The fraction of sp³-hybridized carbons (Fsp3) is 0.500. The number of halogens is 3. The summed E-state index contributed by atoms with van der Waals surface area (Å²) in [5, 5.41) is 0. The highest BCUT2D eigenvalue weighted by molar-refractivity contribution is 6.21. The Labute approximate surface area is 132 Å². The molecule has 4 nitrogen and oxygen atoms in total. The van der Waals surface area contributed by atoms with Crippen LogP contribution < -0.4 is 0 Å². The van der Waals surface area contributed by atoms with E-state index in [-0.39, 0.29) is 18.4 Å². The third-order valence-electron chi connectivity index (χ3n) is 3.56. The molecule has 2 amide bonds. The number of imide groups is 1. The number of amides is 2. The molecule has 2 rings (SSSR count). The molecule has 0 aliphatic carbocycles. The average Bonchev–Trinajstić information content (AvgIpc) is 2.74. The minimum atomic E-state index is -4.29. The zero-order chi connectivity index (χ0) is 16.9. The lowest BCUT2D eigenvalue weighted by atomic mass is 10.1. The number of alkyl halides is 3. The standard InChI is InChI=1S/C16H18F3NO3/c17-16(18,19)11-23-10-6-2-1-5-9-20-14(21)12-7-3-4-8-13(12)15(20)22/h3-4,7-8H,1-2,5-6,9-11H2. The van der Waals surface area contributed by atoms with E-state index in [1.165, 1.54) is 4.90 Å². The summed E-state index contributed by atoms with van der Waals surface area (Å²) in [4.78, 5) is 25.4. The van der Waals surface area contributed by atoms with E-state index in [4.69, 9.17) is 0 Å². The third kappa shape index (κ3) is 4.79. The maximum atomic E-state index is 12.1. The first kappa shape index (κ1) is 17.5. The molecule has 0 atom stereocenters. The fourth-order valence-electron chi connectivity index (χ4n) is 2.46. The first-order valence-electron chi connectivity index (χ1n) is 7.50. The first-order valence-corrected chi connectivity index (χ1v) is 7.50. The van der Waals surface area contributed by atoms with Crippen LogP contribution in [0.15, 0.2) is 24.3 Å². The zero-order valence-corrected chi connectivity index (χ0v) is 12.6. The number of carbonyl (C=O) groups is 2. The molecule has 0 aromatic heterocycles. The molecule has 23 heavy (non-hydrogen) atoms. The smallest absolute Gasteiger partial charge is 0.372 e. The van der Waals surface area contributed by atoms with Gasteiger partial charge in [0.15, 0.2) is 0 Å². The number of carbonyl (C=O) groups excluding carboxylic acids is 2. The monoisotopic (exact) mass is 329 g/mol. The van der Waals surface area contributed by atoms with Gasteiger partial charge in [-0.25, -0.2) is 0 Å². The Bertz CT molecular complexity index is 537. The number of benzene rings is 1. The molecule has 0 fully saturated rings. The normalized spacial score (nSPS) is 14.5. The molecule has 1 heterocycles. The summed E-state index contributed by atoms with van der Waals surface area (Å²) in [7, 11) is 0. The van der Waals surface area contributed by atoms with Gasteiger partial charge < -0.3 is 4.74 Å². The molecule has 0 N–H and O–H groups in total. The van der Waals surface area contributed by atoms with Crippen LogP contribution in [0.4, 0.5) is 13.2 Å². The summed E-state index contributed by atoms with van der Waals surface area (Å²) in [6, 6.07) is 6.70. The molecule has 126 valence electrons. The van der Waals surface area contributed by atoms with E-state index < -0.39 is 12.8 Å². The van der Waals surface area contributed by atoms with Crippen molar-refractivity contribution in [2.24, 2.45) is 0 Å². The molecule has 0 unspecified atom stereocenters. The largest absolute Gasteiger partial charge is 0.411 e. The molecule has 0 bridgehead atoms. The number of hydrogen-bond acceptors (Lipinski definition) is 3. The molecular weight excluding hydrogens is 311 g/mol. The highest BCUT2D eigenvalue weighted by Crippen LogP contribution is 2.22. The van der Waals surface area contributed by atoms with Crippen molar-refractivity contribution >= 4 is 11.8 Å². The summed E-state index contributed by atoms with van der Waals surface area (Å²) >= 11 is 0. The van der Waals surface area contributed by atoms with Crippen LogP contribution in [0, 0.1) is 0 Å². The van der Waals surface area contributed by atoms with Gasteiger partial charge in [-0.3, -0.25) is 14.5 Å². The van der Waals surface area contributed by atoms with Crippen molar-refractivity contribution in [2.45, 2.75) is 31.9 Å². The van der Waals surface area contributed by atoms with Crippen LogP contribution in [-0.4, -0.2) is 42.6 Å². The predicted molar refractivity (Wildman–Crippen MR) is 77.2 cm³/mol. The zero-order valence-electron chi connectivity index (χ0n) is 12.6. The van der Waals surface area contributed by atoms with Crippen LogP contribution >= 0.6 is 0 Å². The molecule has 0 saturated carbocycles. The van der Waals surface area contributed by atoms with Gasteiger partial charge in [-0.2, -0.15) is 13.2 Å². The Kier molecular flexibility index (Phi) is 5.76. The Morgan fingerprint density at radius 3 is 2.04 bits per heavy atom. The van der Waals surface area contributed by atoms with Crippen LogP contribution in [-0.2, 0) is 4.74 Å². The summed E-state index contributed by atoms with van der Waals surface area (Å²) in [6.07, 6.45) is -1.71. The van der Waals surface area contributed by atoms with Crippen molar-refractivity contribution in [3.63, 3.8) is 0 Å². The van der Waals surface area contributed by atoms with Gasteiger partial charge in [0.25, 0.3) is 11.8 Å². The van der Waals surface area contributed by atoms with Crippen LogP contribution in [0.2, 0.25) is 0 Å². The van der Waals surface area contributed by atoms with E-state index >= 15 is 0 Å². The van der Waals surface area contributed by atoms with Gasteiger partial charge in [-0.05, 0) is 25.0 Å². The maximum absolute atomic E-state index is 12.1. The Balaban J connectivity index is 1.63. The molecule has 1 aliphatic heterocycles. The number of unbranched alkanes of at least 4 members (excludes halogenated alkanes) is 3. The Morgan fingerprint density at radius 2 is 1.48 bits per heavy atom. The van der Waals surface area contributed by atoms with Crippen molar-refractivity contribution in [3.8, 4) is 0 Å². The summed E-state index contributed by atoms with van der Waals surface area (Å²) in [5.41, 5.74) is 0.858. The van der Waals surface area contributed by atoms with Crippen molar-refractivity contribution in [2.75, 3.05) is 19.8 Å². The molecule has 0 radical (unpaired) electrons. The van der Waals surface area contributed by atoms with E-state index in [1.807, 2.05) is 0 Å². The average molecular weight is 329 g/mol. The van der Waals surface area contributed by atoms with E-state index in [0.717, 1.165) is 6.42 Å². The highest BCUT2D eigenvalue weighted by atomic mass is 19.4. The number of nitrogens with zero attached hydrogens (tertiary/aromatic N) is 1. The molecule has 0 spiro atoms. The van der Waals surface area contributed by atoms with Crippen molar-refractivity contribution in [1.82, 2.24) is 4.90 Å². The van der Waals surface area contributed by atoms with Crippen molar-refractivity contribution in [1.29, 1.82) is 0 Å². The van der Waals surface area contributed by atoms with Crippen LogP contribution in [0.3, 0.4) is 0 Å². The van der Waals surface area contributed by atoms with Gasteiger partial charge in [0, 0.05) is 13.2 Å². The Morgan fingerprint density at radius 1 is 0.913 bits per heavy atom. The lowest BCUT2D eigenvalue weighted by molar-refractivity contribution is -0.174. The van der Waals surface area contributed by atoms with Gasteiger partial charge in [0.05, 0.1) is 11.1 Å². The number of ether oxygens (including phenoxy) is 1. The lowest BCUT2D eigenvalue weighted by Gasteiger charge is -2.13. The quantitative estimate of drug-likeness (QED) is 0.542. The van der Waals surface area contributed by atoms with E-state index in [1.54, 1.807) is 24.3 Å². The van der Waals surface area contributed by atoms with E-state index in [0.29, 0.717) is 36.9 Å². The lowest BCUT2D eigenvalue weighted by Crippen LogP contribution is -2.30. The van der Waals surface area contributed by atoms with Gasteiger partial charge in [0.2, 0.25) is 0 Å². The minimum Gasteiger partial charge on any atom is -0.372 e. The number of hydrogen-bond donors (Lipinski definition) is 0. The number of rotatable bonds is 8. The second-order valence-corrected chi connectivity index (χ2v) is 5.39. The van der Waals surface area contributed by atoms with Gasteiger partial charge in [0.1, 0.15) is 6.61 Å². The molecule has 1 aliphatic rings. The van der Waals surface area contributed by atoms with Crippen molar-refractivity contribution in [3.05, 3.63) is 35.4 Å². The molecule has 1 aromatic rings. The Hall–Kier alpha value is -1.89. The second kappa shape index (κ2) is 7.59. The fourth-order valence-corrected chi connectivity index (χ4v) is 2.46. The molecular formula is C16H18F3NO3. The van der Waals surface area contributed by atoms with E-state index in [9.17, 15) is 22.8 Å². The van der Waals surface area contributed by atoms with Gasteiger partial charge in [-0.15, -0.1) is 0 Å². The predicted octanol–water partition coefficient (Wildman–Crippen LogP) is 3.42. The van der Waals surface area contributed by atoms with Crippen LogP contribution in [0.1, 0.15) is 46.4 Å². The second-order valence-electron chi connectivity index (χ2n) is 5.39. The summed E-state index contributed by atoms with van der Waals surface area (Å²) in [5.74, 6) is -0.557. The maximum Gasteiger partial charge on any atom is 0.411 e. The molecule has 1 aromatic carbocycles. The first-order chi connectivity index (χ1) is 10.9.